The number of fused-ring (bicyclic) bond motifs is 1. The van der Waals surface area contributed by atoms with Crippen LogP contribution in [0.3, 0.4) is 0 Å². The van der Waals surface area contributed by atoms with Crippen LogP contribution in [0.5, 0.6) is 11.5 Å². The molecule has 3 atom stereocenters. The van der Waals surface area contributed by atoms with Gasteiger partial charge >= 0.3 is 5.97 Å². The van der Waals surface area contributed by atoms with Gasteiger partial charge in [0.1, 0.15) is 17.5 Å². The summed E-state index contributed by atoms with van der Waals surface area (Å²) < 4.78 is 15.7. The summed E-state index contributed by atoms with van der Waals surface area (Å²) in [5.74, 6) is -2.18. The molecular weight excluding hydrogens is 464 g/mol. The summed E-state index contributed by atoms with van der Waals surface area (Å²) in [6, 6.07) is 12.8. The van der Waals surface area contributed by atoms with Gasteiger partial charge < -0.3 is 19.5 Å². The fraction of sp³-hybridized carbons (Fsp3) is 0.333. The number of carbonyl (C=O) groups is 4. The second-order valence-electron chi connectivity index (χ2n) is 8.63. The number of esters is 1. The fourth-order valence-electron chi connectivity index (χ4n) is 4.57. The van der Waals surface area contributed by atoms with E-state index in [0.717, 1.165) is 10.5 Å². The Hall–Kier alpha value is -4.14. The maximum absolute atomic E-state index is 13.2. The van der Waals surface area contributed by atoms with E-state index in [2.05, 4.69) is 5.32 Å². The molecule has 9 heteroatoms. The van der Waals surface area contributed by atoms with Crippen molar-refractivity contribution in [3.05, 3.63) is 66.2 Å². The van der Waals surface area contributed by atoms with Crippen molar-refractivity contribution in [1.29, 1.82) is 0 Å². The Morgan fingerprint density at radius 3 is 2.25 bits per heavy atom. The van der Waals surface area contributed by atoms with Crippen LogP contribution in [-0.4, -0.2) is 55.5 Å². The molecule has 9 nitrogen and oxygen atoms in total. The highest BCUT2D eigenvalue weighted by atomic mass is 16.5. The van der Waals surface area contributed by atoms with Crippen LogP contribution in [0.2, 0.25) is 0 Å². The van der Waals surface area contributed by atoms with Gasteiger partial charge in [0.2, 0.25) is 11.8 Å². The van der Waals surface area contributed by atoms with Crippen LogP contribution < -0.4 is 14.8 Å². The molecule has 0 unspecified atom stereocenters. The van der Waals surface area contributed by atoms with Gasteiger partial charge in [0.05, 0.1) is 31.7 Å². The Morgan fingerprint density at radius 2 is 1.64 bits per heavy atom. The van der Waals surface area contributed by atoms with E-state index in [1.165, 1.54) is 14.2 Å². The molecule has 1 saturated heterocycles. The van der Waals surface area contributed by atoms with Crippen LogP contribution in [0.4, 0.5) is 5.69 Å². The smallest absolute Gasteiger partial charge is 0.330 e. The van der Waals surface area contributed by atoms with Crippen molar-refractivity contribution in [3.63, 3.8) is 0 Å². The lowest BCUT2D eigenvalue weighted by Crippen LogP contribution is -2.48. The molecule has 1 aliphatic carbocycles. The summed E-state index contributed by atoms with van der Waals surface area (Å²) in [6.07, 6.45) is 4.80. The molecule has 0 spiro atoms. The standard InChI is InChI=1S/C27H28N2O7/c1-34-18-12-13-21(23(15-18)35-2)28-24(30)16-36-27(33)22(14-17-8-4-3-5-9-17)29-25(31)19-10-6-7-11-20(19)26(29)32/h3-9,12-13,15,19-20,22H,10-11,14,16H2,1-2H3,(H,28,30)/t19-,20+,22-/m0/s1. The minimum absolute atomic E-state index is 0.0952. The van der Waals surface area contributed by atoms with Crippen molar-refractivity contribution in [2.45, 2.75) is 25.3 Å². The summed E-state index contributed by atoms with van der Waals surface area (Å²) in [7, 11) is 2.97. The monoisotopic (exact) mass is 492 g/mol. The number of hydrogen-bond acceptors (Lipinski definition) is 7. The number of imide groups is 1. The lowest BCUT2D eigenvalue weighted by molar-refractivity contribution is -0.160. The summed E-state index contributed by atoms with van der Waals surface area (Å²) in [4.78, 5) is 53.1. The average Bonchev–Trinajstić information content (AvgIpc) is 3.16. The number of ether oxygens (including phenoxy) is 3. The highest BCUT2D eigenvalue weighted by molar-refractivity contribution is 6.08. The summed E-state index contributed by atoms with van der Waals surface area (Å²) in [5.41, 5.74) is 1.14. The minimum atomic E-state index is -1.17. The number of amides is 3. The molecule has 0 radical (unpaired) electrons. The Bertz CT molecular complexity index is 1150. The van der Waals surface area contributed by atoms with Crippen LogP contribution in [0.15, 0.2) is 60.7 Å². The molecule has 0 aromatic heterocycles. The molecule has 188 valence electrons. The topological polar surface area (TPSA) is 111 Å². The van der Waals surface area contributed by atoms with Crippen molar-refractivity contribution in [1.82, 2.24) is 4.90 Å². The van der Waals surface area contributed by atoms with Gasteiger partial charge in [-0.05, 0) is 30.5 Å². The van der Waals surface area contributed by atoms with Gasteiger partial charge in [0, 0.05) is 12.5 Å². The number of benzene rings is 2. The number of carbonyl (C=O) groups excluding carboxylic acids is 4. The van der Waals surface area contributed by atoms with Crippen molar-refractivity contribution < 1.29 is 33.4 Å². The molecule has 3 amide bonds. The quantitative estimate of drug-likeness (QED) is 0.326. The van der Waals surface area contributed by atoms with Crippen molar-refractivity contribution in [3.8, 4) is 11.5 Å². The van der Waals surface area contributed by atoms with E-state index in [1.807, 2.05) is 42.5 Å². The second-order valence-corrected chi connectivity index (χ2v) is 8.63. The van der Waals surface area contributed by atoms with Crippen LogP contribution in [0, 0.1) is 11.8 Å². The first-order valence-corrected chi connectivity index (χ1v) is 11.7. The maximum Gasteiger partial charge on any atom is 0.330 e. The normalized spacial score (nSPS) is 19.4. The summed E-state index contributed by atoms with van der Waals surface area (Å²) >= 11 is 0. The van der Waals surface area contributed by atoms with Gasteiger partial charge in [-0.15, -0.1) is 0 Å². The Kier molecular flexibility index (Phi) is 7.68. The van der Waals surface area contributed by atoms with Crippen LogP contribution >= 0.6 is 0 Å². The molecule has 36 heavy (non-hydrogen) atoms. The Balaban J connectivity index is 1.48. The van der Waals surface area contributed by atoms with E-state index < -0.39 is 36.4 Å². The number of likely N-dealkylation sites (tertiary alicyclic amines) is 1. The Labute approximate surface area is 209 Å². The van der Waals surface area contributed by atoms with E-state index in [0.29, 0.717) is 30.0 Å². The molecule has 4 rings (SSSR count). The van der Waals surface area contributed by atoms with Gasteiger partial charge in [-0.2, -0.15) is 0 Å². The van der Waals surface area contributed by atoms with Gasteiger partial charge in [-0.3, -0.25) is 19.3 Å². The molecule has 1 N–H and O–H groups in total. The highest BCUT2D eigenvalue weighted by Gasteiger charge is 2.51. The van der Waals surface area contributed by atoms with Gasteiger partial charge in [0.15, 0.2) is 6.61 Å². The molecule has 0 bridgehead atoms. The summed E-state index contributed by atoms with van der Waals surface area (Å²) in [6.45, 7) is -0.593. The minimum Gasteiger partial charge on any atom is -0.497 e. The van der Waals surface area contributed by atoms with Gasteiger partial charge in [0.25, 0.3) is 5.91 Å². The van der Waals surface area contributed by atoms with Gasteiger partial charge in [-0.25, -0.2) is 4.79 Å². The van der Waals surface area contributed by atoms with Crippen LogP contribution in [-0.2, 0) is 30.3 Å². The first kappa shape index (κ1) is 25.0. The number of methoxy groups -OCH3 is 2. The van der Waals surface area contributed by atoms with E-state index in [9.17, 15) is 19.2 Å². The average molecular weight is 493 g/mol. The molecule has 2 aromatic carbocycles. The highest BCUT2D eigenvalue weighted by Crippen LogP contribution is 2.37. The molecule has 1 heterocycles. The first-order chi connectivity index (χ1) is 17.4. The van der Waals surface area contributed by atoms with Gasteiger partial charge in [-0.1, -0.05) is 42.5 Å². The maximum atomic E-state index is 13.2. The first-order valence-electron chi connectivity index (χ1n) is 11.7. The van der Waals surface area contributed by atoms with Crippen molar-refractivity contribution >= 4 is 29.4 Å². The number of hydrogen-bond donors (Lipinski definition) is 1. The zero-order valence-electron chi connectivity index (χ0n) is 20.1. The van der Waals surface area contributed by atoms with Crippen molar-refractivity contribution in [2.24, 2.45) is 11.8 Å². The molecule has 2 aromatic rings. The third-order valence-electron chi connectivity index (χ3n) is 6.43. The van der Waals surface area contributed by atoms with E-state index in [1.54, 1.807) is 18.2 Å². The summed E-state index contributed by atoms with van der Waals surface area (Å²) in [5, 5.41) is 2.63. The lowest BCUT2D eigenvalue weighted by atomic mass is 9.85. The number of anilines is 1. The number of nitrogens with one attached hydrogen (secondary N) is 1. The zero-order chi connectivity index (χ0) is 25.7. The Morgan fingerprint density at radius 1 is 0.972 bits per heavy atom. The molecule has 1 aliphatic heterocycles. The predicted octanol–water partition coefficient (Wildman–Crippen LogP) is 2.75. The lowest BCUT2D eigenvalue weighted by Gasteiger charge is -2.25. The molecule has 0 saturated carbocycles. The second kappa shape index (κ2) is 11.1. The SMILES string of the molecule is COc1ccc(NC(=O)COC(=O)[C@H](Cc2ccccc2)N2C(=O)[C@H]3CC=CC[C@H]3C2=O)c(OC)c1. The largest absolute Gasteiger partial charge is 0.497 e. The van der Waals surface area contributed by atoms with Crippen molar-refractivity contribution in [2.75, 3.05) is 26.1 Å². The van der Waals surface area contributed by atoms with Crippen LogP contribution in [0.1, 0.15) is 18.4 Å². The number of nitrogens with zero attached hydrogens (tertiary/aromatic N) is 1. The van der Waals surface area contributed by atoms with E-state index in [4.69, 9.17) is 14.2 Å². The zero-order valence-corrected chi connectivity index (χ0v) is 20.1. The number of rotatable bonds is 9. The van der Waals surface area contributed by atoms with E-state index >= 15 is 0 Å². The molecule has 1 fully saturated rings. The molecular formula is C27H28N2O7. The predicted molar refractivity (Wildman–Crippen MR) is 130 cm³/mol. The fourth-order valence-corrected chi connectivity index (χ4v) is 4.57. The molecule has 2 aliphatic rings. The van der Waals surface area contributed by atoms with E-state index in [-0.39, 0.29) is 18.2 Å². The van der Waals surface area contributed by atoms with Crippen LogP contribution in [0.25, 0.3) is 0 Å². The third-order valence-corrected chi connectivity index (χ3v) is 6.43. The number of allylic oxidation sites excluding steroid dienone is 2. The third kappa shape index (κ3) is 5.25.